The molecule has 57 heavy (non-hydrogen) atoms. The minimum Gasteiger partial charge on any atom is -0.474 e. The average molecular weight is 806 g/mol. The van der Waals surface area contributed by atoms with E-state index in [9.17, 15) is 32.7 Å². The summed E-state index contributed by atoms with van der Waals surface area (Å²) >= 11 is 0. The fourth-order valence-corrected chi connectivity index (χ4v) is 11.7. The minimum atomic E-state index is -3.86. The molecule has 9 rings (SSSR count). The summed E-state index contributed by atoms with van der Waals surface area (Å²) in [6.07, 6.45) is 12.5. The van der Waals surface area contributed by atoms with Crippen molar-refractivity contribution in [1.29, 1.82) is 0 Å². The SMILES string of the molecule is O=C1NC(C2CCCC2)C(O)N2CC(CC2C(=O)NC2(C(=O)NS(=O)(=O)C3CC3)CC2C2CC2)Oc2[nH]c3ccccc3c(=O)c2CC=CCCC2CCCC2O1. The monoisotopic (exact) mass is 805 g/mol. The van der Waals surface area contributed by atoms with E-state index >= 15 is 0 Å². The number of benzene rings is 1. The maximum absolute atomic E-state index is 14.7. The first-order valence-electron chi connectivity index (χ1n) is 21.3. The third-order valence-electron chi connectivity index (χ3n) is 13.9. The van der Waals surface area contributed by atoms with Crippen molar-refractivity contribution in [2.45, 2.75) is 144 Å². The third kappa shape index (κ3) is 7.83. The maximum atomic E-state index is 14.7. The first kappa shape index (κ1) is 38.6. The van der Waals surface area contributed by atoms with Crippen LogP contribution in [0.4, 0.5) is 4.79 Å². The quantitative estimate of drug-likeness (QED) is 0.256. The van der Waals surface area contributed by atoms with E-state index in [1.807, 2.05) is 24.3 Å². The zero-order valence-corrected chi connectivity index (χ0v) is 33.1. The van der Waals surface area contributed by atoms with Gasteiger partial charge in [-0.1, -0.05) is 37.1 Å². The Hall–Kier alpha value is -3.95. The van der Waals surface area contributed by atoms with Crippen molar-refractivity contribution in [3.63, 3.8) is 0 Å². The van der Waals surface area contributed by atoms with E-state index in [0.29, 0.717) is 48.0 Å². The lowest BCUT2D eigenvalue weighted by Gasteiger charge is -2.37. The lowest BCUT2D eigenvalue weighted by Crippen LogP contribution is -2.61. The molecule has 2 bridgehead atoms. The van der Waals surface area contributed by atoms with Crippen molar-refractivity contribution in [2.24, 2.45) is 23.7 Å². The summed E-state index contributed by atoms with van der Waals surface area (Å²) in [4.78, 5) is 61.1. The molecule has 0 spiro atoms. The van der Waals surface area contributed by atoms with Crippen LogP contribution in [0.15, 0.2) is 41.2 Å². The lowest BCUT2D eigenvalue weighted by molar-refractivity contribution is -0.136. The zero-order valence-electron chi connectivity index (χ0n) is 32.3. The second-order valence-corrected chi connectivity index (χ2v) is 19.8. The number of ether oxygens (including phenoxy) is 2. The number of sulfonamides is 1. The van der Waals surface area contributed by atoms with Crippen molar-refractivity contribution in [3.05, 3.63) is 52.2 Å². The highest BCUT2D eigenvalue weighted by atomic mass is 32.2. The summed E-state index contributed by atoms with van der Waals surface area (Å²) in [6.45, 7) is 0.0787. The molecule has 1 saturated heterocycles. The first-order valence-corrected chi connectivity index (χ1v) is 22.8. The van der Waals surface area contributed by atoms with E-state index in [4.69, 9.17) is 9.47 Å². The number of H-pyrrole nitrogens is 1. The van der Waals surface area contributed by atoms with Gasteiger partial charge < -0.3 is 30.2 Å². The van der Waals surface area contributed by atoms with Gasteiger partial charge in [0.15, 0.2) is 11.3 Å². The van der Waals surface area contributed by atoms with Crippen LogP contribution in [0.2, 0.25) is 0 Å². The molecule has 5 aliphatic carbocycles. The highest BCUT2D eigenvalue weighted by molar-refractivity contribution is 7.91. The molecule has 15 heteroatoms. The van der Waals surface area contributed by atoms with Gasteiger partial charge in [-0.25, -0.2) is 13.2 Å². The second kappa shape index (κ2) is 15.3. The van der Waals surface area contributed by atoms with Gasteiger partial charge >= 0.3 is 6.09 Å². The number of hydrogen-bond donors (Lipinski definition) is 5. The van der Waals surface area contributed by atoms with Crippen LogP contribution < -0.4 is 25.5 Å². The summed E-state index contributed by atoms with van der Waals surface area (Å²) in [7, 11) is -3.86. The van der Waals surface area contributed by atoms with Gasteiger partial charge in [-0.15, -0.1) is 0 Å². The van der Waals surface area contributed by atoms with E-state index in [1.54, 1.807) is 11.0 Å². The van der Waals surface area contributed by atoms with Crippen molar-refractivity contribution in [3.8, 4) is 5.88 Å². The molecule has 3 amide bonds. The van der Waals surface area contributed by atoms with Gasteiger partial charge in [0.1, 0.15) is 24.0 Å². The van der Waals surface area contributed by atoms with Gasteiger partial charge in [-0.05, 0) is 119 Å². The Labute approximate surface area is 332 Å². The van der Waals surface area contributed by atoms with Crippen LogP contribution in [0.5, 0.6) is 5.88 Å². The number of carbonyl (C=O) groups is 3. The van der Waals surface area contributed by atoms with Crippen molar-refractivity contribution in [1.82, 2.24) is 25.2 Å². The number of aliphatic hydroxyl groups excluding tert-OH is 1. The fourth-order valence-electron chi connectivity index (χ4n) is 10.3. The maximum Gasteiger partial charge on any atom is 0.407 e. The molecule has 2 aromatic rings. The van der Waals surface area contributed by atoms with Crippen LogP contribution in [0.1, 0.15) is 102 Å². The van der Waals surface area contributed by atoms with E-state index in [-0.39, 0.29) is 48.2 Å². The molecule has 2 aliphatic heterocycles. The summed E-state index contributed by atoms with van der Waals surface area (Å²) in [5, 5.41) is 18.4. The molecule has 14 nitrogen and oxygen atoms in total. The van der Waals surface area contributed by atoms with Crippen LogP contribution >= 0.6 is 0 Å². The Morgan fingerprint density at radius 1 is 0.895 bits per heavy atom. The Bertz CT molecular complexity index is 2090. The molecule has 6 fully saturated rings. The van der Waals surface area contributed by atoms with Crippen LogP contribution in [0, 0.1) is 23.7 Å². The Kier molecular flexibility index (Phi) is 10.4. The van der Waals surface area contributed by atoms with Crippen molar-refractivity contribution >= 4 is 38.8 Å². The van der Waals surface area contributed by atoms with Crippen molar-refractivity contribution < 1.29 is 37.4 Å². The fraction of sp³-hybridized carbons (Fsp3) is 0.667. The van der Waals surface area contributed by atoms with Gasteiger partial charge in [-0.2, -0.15) is 0 Å². The molecule has 308 valence electrons. The number of pyridine rings is 1. The van der Waals surface area contributed by atoms with Crippen LogP contribution in [0.3, 0.4) is 0 Å². The molecule has 0 radical (unpaired) electrons. The van der Waals surface area contributed by atoms with Gasteiger partial charge in [0.25, 0.3) is 5.91 Å². The van der Waals surface area contributed by atoms with Gasteiger partial charge in [0, 0.05) is 18.4 Å². The second-order valence-electron chi connectivity index (χ2n) is 17.8. The van der Waals surface area contributed by atoms with E-state index in [2.05, 4.69) is 26.4 Å². The Morgan fingerprint density at radius 2 is 1.67 bits per heavy atom. The van der Waals surface area contributed by atoms with Crippen LogP contribution in [0.25, 0.3) is 10.9 Å². The third-order valence-corrected chi connectivity index (χ3v) is 15.7. The molecule has 5 saturated carbocycles. The molecule has 5 N–H and O–H groups in total. The number of nitrogens with one attached hydrogen (secondary N) is 4. The number of allylic oxidation sites excluding steroid dienone is 2. The number of fused-ring (bicyclic) bond motifs is 5. The summed E-state index contributed by atoms with van der Waals surface area (Å²) < 4.78 is 40.8. The summed E-state index contributed by atoms with van der Waals surface area (Å²) in [5.41, 5.74) is -0.454. The number of para-hydroxylation sites is 1. The largest absolute Gasteiger partial charge is 0.474 e. The number of aromatic nitrogens is 1. The standard InChI is InChI=1S/C42H55N5O9S/c48-36-29-13-6-7-15-32(29)43-38-30(36)14-3-1-2-9-25-12-8-16-34(25)56-41(52)44-35(26-10-4-5-11-26)39(50)47-23-27(55-38)21-33(47)37(49)45-42(22-31(42)24-17-18-24)40(51)46-57(53,54)28-19-20-28/h1,3,6-7,13,15,24-28,31,33-35,39,50H,2,4-5,8-12,14,16-23H2,(H,43,48)(H,44,52)(H,45,49)(H,46,51). The predicted octanol–water partition coefficient (Wildman–Crippen LogP) is 3.91. The first-order chi connectivity index (χ1) is 27.5. The number of rotatable bonds is 7. The van der Waals surface area contributed by atoms with Crippen molar-refractivity contribution in [2.75, 3.05) is 6.54 Å². The number of alkyl carbamates (subject to hydrolysis) is 1. The molecular formula is C42H55N5O9S. The normalized spacial score (nSPS) is 34.9. The van der Waals surface area contributed by atoms with Gasteiger partial charge in [0.05, 0.1) is 28.4 Å². The minimum absolute atomic E-state index is 0.0674. The molecule has 3 heterocycles. The van der Waals surface area contributed by atoms with Gasteiger partial charge in [-0.3, -0.25) is 24.0 Å². The summed E-state index contributed by atoms with van der Waals surface area (Å²) in [6, 6.07) is 5.50. The Morgan fingerprint density at radius 3 is 2.44 bits per heavy atom. The van der Waals surface area contributed by atoms with E-state index < -0.39 is 63.1 Å². The number of nitrogens with zero attached hydrogens (tertiary/aromatic N) is 1. The number of aliphatic hydroxyl groups is 1. The highest BCUT2D eigenvalue weighted by Gasteiger charge is 2.67. The van der Waals surface area contributed by atoms with Gasteiger partial charge in [0.2, 0.25) is 15.9 Å². The molecule has 1 aromatic carbocycles. The molecule has 9 unspecified atom stereocenters. The van der Waals surface area contributed by atoms with Crippen LogP contribution in [-0.2, 0) is 30.8 Å². The molecular weight excluding hydrogens is 751 g/mol. The topological polar surface area (TPSA) is 196 Å². The zero-order chi connectivity index (χ0) is 39.5. The average Bonchev–Trinajstić information content (AvgIpc) is 4.15. The molecule has 1 aromatic heterocycles. The van der Waals surface area contributed by atoms with E-state index in [0.717, 1.165) is 70.6 Å². The number of aromatic amines is 1. The van der Waals surface area contributed by atoms with E-state index in [1.165, 1.54) is 0 Å². The number of carbonyl (C=O) groups excluding carboxylic acids is 3. The lowest BCUT2D eigenvalue weighted by atomic mass is 9.95. The molecule has 9 atom stereocenters. The predicted molar refractivity (Wildman–Crippen MR) is 210 cm³/mol. The smallest absolute Gasteiger partial charge is 0.407 e. The number of hydrogen-bond acceptors (Lipinski definition) is 10. The Balaban J connectivity index is 1.06. The highest BCUT2D eigenvalue weighted by Crippen LogP contribution is 2.57. The summed E-state index contributed by atoms with van der Waals surface area (Å²) in [5.74, 6) is -0.782. The molecule has 7 aliphatic rings. The number of amides is 3. The van der Waals surface area contributed by atoms with Crippen LogP contribution in [-0.4, -0.2) is 89.2 Å².